The lowest BCUT2D eigenvalue weighted by Gasteiger charge is -2.26. The standard InChI is InChI=1S/C25H32N3O3/c1-2-28(25(30)22(26)15-18-9-5-3-6-10-18)20-13-14-23(21(16-20)24(27)29)31-17-19-11-7-4-8-12-19/h5-6,9-10,13-14,16,19,22H,2,4,7-8,11-12,15,17,26H2,1H3,(H2,27,29)/t22-/m0/s1. The number of ether oxygens (including phenoxy) is 1. The molecule has 1 fully saturated rings. The van der Waals surface area contributed by atoms with E-state index in [-0.39, 0.29) is 11.5 Å². The third-order valence-corrected chi connectivity index (χ3v) is 5.88. The van der Waals surface area contributed by atoms with Crippen molar-refractivity contribution in [1.29, 1.82) is 0 Å². The molecule has 6 heteroatoms. The van der Waals surface area contributed by atoms with Crippen molar-refractivity contribution in [3.63, 3.8) is 0 Å². The predicted molar refractivity (Wildman–Crippen MR) is 122 cm³/mol. The molecule has 1 atom stereocenters. The quantitative estimate of drug-likeness (QED) is 0.646. The second kappa shape index (κ2) is 11.0. The van der Waals surface area contributed by atoms with Crippen LogP contribution in [0.25, 0.3) is 0 Å². The molecule has 1 aliphatic carbocycles. The van der Waals surface area contributed by atoms with Crippen LogP contribution < -0.4 is 21.1 Å². The Morgan fingerprint density at radius 1 is 1.16 bits per heavy atom. The number of nitrogens with two attached hydrogens (primary N) is 2. The van der Waals surface area contributed by atoms with Gasteiger partial charge in [-0.05, 0) is 61.9 Å². The lowest BCUT2D eigenvalue weighted by atomic mass is 9.90. The van der Waals surface area contributed by atoms with Crippen LogP contribution in [-0.4, -0.2) is 31.0 Å². The van der Waals surface area contributed by atoms with E-state index in [0.29, 0.717) is 36.9 Å². The van der Waals surface area contributed by atoms with Gasteiger partial charge in [-0.1, -0.05) is 43.5 Å². The fourth-order valence-corrected chi connectivity index (χ4v) is 4.13. The molecule has 4 N–H and O–H groups in total. The minimum absolute atomic E-state index is 0.207. The van der Waals surface area contributed by atoms with Gasteiger partial charge in [0.2, 0.25) is 5.91 Å². The first-order valence-corrected chi connectivity index (χ1v) is 11.1. The van der Waals surface area contributed by atoms with Crippen molar-refractivity contribution in [3.05, 3.63) is 59.7 Å². The Morgan fingerprint density at radius 2 is 1.87 bits per heavy atom. The molecular formula is C25H32N3O3. The summed E-state index contributed by atoms with van der Waals surface area (Å²) in [6.07, 6.45) is 6.47. The Labute approximate surface area is 184 Å². The first kappa shape index (κ1) is 22.8. The van der Waals surface area contributed by atoms with E-state index >= 15 is 0 Å². The van der Waals surface area contributed by atoms with Gasteiger partial charge in [0, 0.05) is 12.2 Å². The molecule has 165 valence electrons. The Hall–Kier alpha value is -2.86. The summed E-state index contributed by atoms with van der Waals surface area (Å²) in [6.45, 7) is 2.88. The number of amides is 2. The average molecular weight is 423 g/mol. The molecule has 1 saturated carbocycles. The van der Waals surface area contributed by atoms with E-state index in [0.717, 1.165) is 18.4 Å². The van der Waals surface area contributed by atoms with E-state index in [1.165, 1.54) is 19.3 Å². The number of rotatable bonds is 9. The zero-order valence-corrected chi connectivity index (χ0v) is 18.2. The van der Waals surface area contributed by atoms with E-state index in [2.05, 4.69) is 6.07 Å². The van der Waals surface area contributed by atoms with Gasteiger partial charge in [0.25, 0.3) is 5.91 Å². The minimum atomic E-state index is -0.693. The Kier molecular flexibility index (Phi) is 8.06. The van der Waals surface area contributed by atoms with Crippen molar-refractivity contribution in [2.75, 3.05) is 18.1 Å². The first-order chi connectivity index (χ1) is 15.0. The van der Waals surface area contributed by atoms with Gasteiger partial charge in [-0.25, -0.2) is 0 Å². The third-order valence-electron chi connectivity index (χ3n) is 5.88. The van der Waals surface area contributed by atoms with Gasteiger partial charge in [0.15, 0.2) is 0 Å². The normalized spacial score (nSPS) is 15.3. The molecule has 6 nitrogen and oxygen atoms in total. The van der Waals surface area contributed by atoms with Crippen LogP contribution in [0.3, 0.4) is 0 Å². The largest absolute Gasteiger partial charge is 0.492 e. The lowest BCUT2D eigenvalue weighted by Crippen LogP contribution is -2.45. The van der Waals surface area contributed by atoms with Crippen LogP contribution in [0.4, 0.5) is 5.69 Å². The predicted octanol–water partition coefficient (Wildman–Crippen LogP) is 3.47. The fourth-order valence-electron chi connectivity index (χ4n) is 4.13. The summed E-state index contributed by atoms with van der Waals surface area (Å²) in [7, 11) is 0. The molecule has 2 aromatic carbocycles. The highest BCUT2D eigenvalue weighted by Crippen LogP contribution is 2.28. The van der Waals surface area contributed by atoms with Crippen LogP contribution in [0, 0.1) is 12.0 Å². The molecule has 0 unspecified atom stereocenters. The molecule has 1 aliphatic rings. The first-order valence-electron chi connectivity index (χ1n) is 11.1. The van der Waals surface area contributed by atoms with E-state index in [1.54, 1.807) is 35.2 Å². The molecule has 2 aromatic rings. The summed E-state index contributed by atoms with van der Waals surface area (Å²) in [6, 6.07) is 14.8. The van der Waals surface area contributed by atoms with Crippen molar-refractivity contribution >= 4 is 17.5 Å². The van der Waals surface area contributed by atoms with E-state index < -0.39 is 11.9 Å². The molecule has 0 bridgehead atoms. The zero-order chi connectivity index (χ0) is 22.2. The number of nitrogens with zero attached hydrogens (tertiary/aromatic N) is 1. The molecule has 0 saturated heterocycles. The Balaban J connectivity index is 1.73. The molecule has 0 spiro atoms. The van der Waals surface area contributed by atoms with Gasteiger partial charge in [-0.2, -0.15) is 0 Å². The van der Waals surface area contributed by atoms with Crippen LogP contribution >= 0.6 is 0 Å². The number of likely N-dealkylation sites (N-methyl/N-ethyl adjacent to an activating group) is 1. The monoisotopic (exact) mass is 422 g/mol. The maximum absolute atomic E-state index is 13.0. The smallest absolute Gasteiger partial charge is 0.252 e. The summed E-state index contributed by atoms with van der Waals surface area (Å²) in [5.41, 5.74) is 13.7. The van der Waals surface area contributed by atoms with Crippen LogP contribution in [0.1, 0.15) is 54.9 Å². The molecule has 3 rings (SSSR count). The Bertz CT molecular complexity index is 879. The third kappa shape index (κ3) is 6.07. The summed E-state index contributed by atoms with van der Waals surface area (Å²) in [4.78, 5) is 26.7. The second-order valence-electron chi connectivity index (χ2n) is 8.16. The van der Waals surface area contributed by atoms with Crippen molar-refractivity contribution < 1.29 is 14.3 Å². The van der Waals surface area contributed by atoms with Gasteiger partial charge in [0.1, 0.15) is 5.75 Å². The van der Waals surface area contributed by atoms with E-state index in [1.807, 2.05) is 19.1 Å². The highest BCUT2D eigenvalue weighted by atomic mass is 16.5. The zero-order valence-electron chi connectivity index (χ0n) is 18.2. The number of carbonyl (C=O) groups excluding carboxylic acids is 2. The van der Waals surface area contributed by atoms with E-state index in [9.17, 15) is 9.59 Å². The van der Waals surface area contributed by atoms with E-state index in [4.69, 9.17) is 16.2 Å². The topological polar surface area (TPSA) is 98.7 Å². The maximum Gasteiger partial charge on any atom is 0.252 e. The fraction of sp³-hybridized carbons (Fsp3) is 0.440. The van der Waals surface area contributed by atoms with Crippen molar-refractivity contribution in [2.24, 2.45) is 17.4 Å². The Morgan fingerprint density at radius 3 is 2.52 bits per heavy atom. The summed E-state index contributed by atoms with van der Waals surface area (Å²) in [5, 5.41) is 0. The van der Waals surface area contributed by atoms with Gasteiger partial charge < -0.3 is 21.1 Å². The maximum atomic E-state index is 13.0. The average Bonchev–Trinajstić information content (AvgIpc) is 2.79. The van der Waals surface area contributed by atoms with Gasteiger partial charge >= 0.3 is 0 Å². The molecule has 0 aromatic heterocycles. The number of primary amides is 1. The minimum Gasteiger partial charge on any atom is -0.492 e. The molecular weight excluding hydrogens is 390 g/mol. The number of hydrogen-bond acceptors (Lipinski definition) is 4. The van der Waals surface area contributed by atoms with Crippen molar-refractivity contribution in [2.45, 2.75) is 51.5 Å². The summed E-state index contributed by atoms with van der Waals surface area (Å²) < 4.78 is 5.96. The van der Waals surface area contributed by atoms with Crippen LogP contribution in [0.15, 0.2) is 42.5 Å². The molecule has 0 aliphatic heterocycles. The highest BCUT2D eigenvalue weighted by Gasteiger charge is 2.23. The summed E-state index contributed by atoms with van der Waals surface area (Å²) in [5.74, 6) is 0.196. The van der Waals surface area contributed by atoms with Gasteiger partial charge in [0.05, 0.1) is 18.2 Å². The second-order valence-corrected chi connectivity index (χ2v) is 8.16. The van der Waals surface area contributed by atoms with Crippen LogP contribution in [0.2, 0.25) is 0 Å². The SMILES string of the molecule is CCN(C(=O)[C@@H](N)Cc1cc[c]cc1)c1ccc(OCC2CCCCC2)c(C(N)=O)c1. The lowest BCUT2D eigenvalue weighted by molar-refractivity contribution is -0.119. The summed E-state index contributed by atoms with van der Waals surface area (Å²) >= 11 is 0. The van der Waals surface area contributed by atoms with Gasteiger partial charge in [-0.3, -0.25) is 9.59 Å². The molecule has 1 radical (unpaired) electrons. The van der Waals surface area contributed by atoms with Gasteiger partial charge in [-0.15, -0.1) is 0 Å². The molecule has 0 heterocycles. The number of carbonyl (C=O) groups is 2. The van der Waals surface area contributed by atoms with Crippen LogP contribution in [-0.2, 0) is 11.2 Å². The highest BCUT2D eigenvalue weighted by molar-refractivity contribution is 6.00. The van der Waals surface area contributed by atoms with Crippen molar-refractivity contribution in [3.8, 4) is 5.75 Å². The number of benzene rings is 2. The number of hydrogen-bond donors (Lipinski definition) is 2. The molecule has 31 heavy (non-hydrogen) atoms. The molecule has 2 amide bonds. The van der Waals surface area contributed by atoms with Crippen molar-refractivity contribution in [1.82, 2.24) is 0 Å². The number of anilines is 1. The van der Waals surface area contributed by atoms with Crippen LogP contribution in [0.5, 0.6) is 5.75 Å².